The van der Waals surface area contributed by atoms with Crippen LogP contribution in [0.25, 0.3) is 0 Å². The van der Waals surface area contributed by atoms with Gasteiger partial charge in [0.1, 0.15) is 11.6 Å². The van der Waals surface area contributed by atoms with Crippen LogP contribution in [0.15, 0.2) is 12.3 Å². The molecule has 0 amide bonds. The summed E-state index contributed by atoms with van der Waals surface area (Å²) >= 11 is 0. The van der Waals surface area contributed by atoms with E-state index < -0.39 is 10.0 Å². The van der Waals surface area contributed by atoms with Gasteiger partial charge in [-0.25, -0.2) is 18.4 Å². The summed E-state index contributed by atoms with van der Waals surface area (Å²) in [5.41, 5.74) is 0. The fourth-order valence-corrected chi connectivity index (χ4v) is 4.91. The Morgan fingerprint density at radius 3 is 2.59 bits per heavy atom. The van der Waals surface area contributed by atoms with Gasteiger partial charge < -0.3 is 4.90 Å². The van der Waals surface area contributed by atoms with Crippen molar-refractivity contribution in [2.75, 3.05) is 31.1 Å². The van der Waals surface area contributed by atoms with Crippen LogP contribution in [0.2, 0.25) is 0 Å². The van der Waals surface area contributed by atoms with Crippen molar-refractivity contribution in [1.82, 2.24) is 14.3 Å². The van der Waals surface area contributed by atoms with E-state index in [9.17, 15) is 8.42 Å². The Kier molecular flexibility index (Phi) is 3.57. The maximum atomic E-state index is 12.4. The Bertz CT molecular complexity index is 655. The molecule has 22 heavy (non-hydrogen) atoms. The molecule has 2 saturated carbocycles. The molecule has 0 spiro atoms. The molecule has 120 valence electrons. The third kappa shape index (κ3) is 2.84. The van der Waals surface area contributed by atoms with Gasteiger partial charge in [-0.3, -0.25) is 0 Å². The summed E-state index contributed by atoms with van der Waals surface area (Å²) < 4.78 is 26.4. The number of rotatable bonds is 4. The van der Waals surface area contributed by atoms with Crippen LogP contribution >= 0.6 is 0 Å². The zero-order valence-electron chi connectivity index (χ0n) is 12.7. The first-order valence-electron chi connectivity index (χ1n) is 8.21. The highest BCUT2D eigenvalue weighted by molar-refractivity contribution is 7.90. The molecule has 6 nitrogen and oxygen atoms in total. The summed E-state index contributed by atoms with van der Waals surface area (Å²) in [7, 11) is -3.06. The third-order valence-corrected chi connectivity index (χ3v) is 7.09. The zero-order chi connectivity index (χ0) is 15.2. The molecule has 1 aliphatic heterocycles. The molecule has 2 heterocycles. The van der Waals surface area contributed by atoms with Crippen LogP contribution in [0, 0.1) is 0 Å². The van der Waals surface area contributed by atoms with Crippen molar-refractivity contribution < 1.29 is 8.42 Å². The molecule has 0 unspecified atom stereocenters. The van der Waals surface area contributed by atoms with Gasteiger partial charge in [0, 0.05) is 38.3 Å². The average Bonchev–Trinajstić information content (AvgIpc) is 3.42. The second kappa shape index (κ2) is 5.45. The van der Waals surface area contributed by atoms with Gasteiger partial charge in [0.25, 0.3) is 0 Å². The van der Waals surface area contributed by atoms with Gasteiger partial charge in [0.05, 0.1) is 5.25 Å². The fourth-order valence-electron chi connectivity index (χ4n) is 3.03. The van der Waals surface area contributed by atoms with Crippen molar-refractivity contribution in [3.63, 3.8) is 0 Å². The standard InChI is InChI=1S/C15H22N4O2S/c20-22(21,13-4-5-13)19-9-1-8-18(10-11-19)14-6-7-16-15(17-14)12-2-3-12/h6-7,12-13H,1-5,8-11H2. The molecule has 3 fully saturated rings. The van der Waals surface area contributed by atoms with E-state index in [0.717, 1.165) is 37.4 Å². The molecule has 0 radical (unpaired) electrons. The van der Waals surface area contributed by atoms with Gasteiger partial charge in [-0.15, -0.1) is 0 Å². The normalized spacial score (nSPS) is 24.3. The summed E-state index contributed by atoms with van der Waals surface area (Å²) in [5, 5.41) is -0.112. The predicted octanol–water partition coefficient (Wildman–Crippen LogP) is 1.36. The van der Waals surface area contributed by atoms with Gasteiger partial charge in [-0.2, -0.15) is 4.31 Å². The van der Waals surface area contributed by atoms with Gasteiger partial charge in [-0.05, 0) is 38.2 Å². The molecule has 1 aromatic heterocycles. The monoisotopic (exact) mass is 322 g/mol. The van der Waals surface area contributed by atoms with E-state index in [1.807, 2.05) is 12.3 Å². The molecule has 1 saturated heterocycles. The van der Waals surface area contributed by atoms with Crippen molar-refractivity contribution in [3.05, 3.63) is 18.1 Å². The van der Waals surface area contributed by atoms with Crippen molar-refractivity contribution in [1.29, 1.82) is 0 Å². The minimum absolute atomic E-state index is 0.112. The molecule has 0 N–H and O–H groups in total. The van der Waals surface area contributed by atoms with Crippen molar-refractivity contribution in [2.24, 2.45) is 0 Å². The van der Waals surface area contributed by atoms with Crippen LogP contribution in [0.3, 0.4) is 0 Å². The Morgan fingerprint density at radius 2 is 1.86 bits per heavy atom. The summed E-state index contributed by atoms with van der Waals surface area (Å²) in [6.45, 7) is 2.78. The second-order valence-electron chi connectivity index (χ2n) is 6.53. The Hall–Kier alpha value is -1.21. The second-order valence-corrected chi connectivity index (χ2v) is 8.74. The predicted molar refractivity (Wildman–Crippen MR) is 84.4 cm³/mol. The molecule has 0 atom stereocenters. The smallest absolute Gasteiger partial charge is 0.217 e. The molecule has 2 aliphatic carbocycles. The topological polar surface area (TPSA) is 66.4 Å². The number of sulfonamides is 1. The summed E-state index contributed by atoms with van der Waals surface area (Å²) in [6.07, 6.45) is 6.74. The molecular weight excluding hydrogens is 300 g/mol. The number of aromatic nitrogens is 2. The van der Waals surface area contributed by atoms with E-state index in [1.54, 1.807) is 4.31 Å². The highest BCUT2D eigenvalue weighted by Crippen LogP contribution is 2.38. The van der Waals surface area contributed by atoms with Crippen LogP contribution in [-0.4, -0.2) is 54.1 Å². The quantitative estimate of drug-likeness (QED) is 0.837. The maximum absolute atomic E-state index is 12.4. The SMILES string of the molecule is O=S(=O)(C1CC1)N1CCCN(c2ccnc(C3CC3)n2)CC1. The average molecular weight is 322 g/mol. The molecule has 7 heteroatoms. The number of hydrogen-bond donors (Lipinski definition) is 0. The Labute approximate surface area is 131 Å². The first-order chi connectivity index (χ1) is 10.6. The largest absolute Gasteiger partial charge is 0.355 e. The molecule has 1 aromatic rings. The summed E-state index contributed by atoms with van der Waals surface area (Å²) in [5.74, 6) is 2.44. The number of nitrogens with zero attached hydrogens (tertiary/aromatic N) is 4. The minimum atomic E-state index is -3.06. The van der Waals surface area contributed by atoms with E-state index in [0.29, 0.717) is 25.6 Å². The first kappa shape index (κ1) is 14.4. The number of anilines is 1. The van der Waals surface area contributed by atoms with Crippen molar-refractivity contribution in [2.45, 2.75) is 43.3 Å². The third-order valence-electron chi connectivity index (χ3n) is 4.69. The first-order valence-corrected chi connectivity index (χ1v) is 9.72. The minimum Gasteiger partial charge on any atom is -0.355 e. The highest BCUT2D eigenvalue weighted by atomic mass is 32.2. The van der Waals surface area contributed by atoms with Crippen LogP contribution in [0.4, 0.5) is 5.82 Å². The van der Waals surface area contributed by atoms with Crippen LogP contribution in [0.5, 0.6) is 0 Å². The Balaban J connectivity index is 1.47. The van der Waals surface area contributed by atoms with Gasteiger partial charge in [0.2, 0.25) is 10.0 Å². The summed E-state index contributed by atoms with van der Waals surface area (Å²) in [4.78, 5) is 11.2. The molecule has 0 aromatic carbocycles. The zero-order valence-corrected chi connectivity index (χ0v) is 13.5. The van der Waals surface area contributed by atoms with E-state index >= 15 is 0 Å². The molecule has 3 aliphatic rings. The Morgan fingerprint density at radius 1 is 1.05 bits per heavy atom. The van der Waals surface area contributed by atoms with Crippen LogP contribution in [-0.2, 0) is 10.0 Å². The van der Waals surface area contributed by atoms with Crippen LogP contribution in [0.1, 0.15) is 43.8 Å². The fraction of sp³-hybridized carbons (Fsp3) is 0.733. The van der Waals surface area contributed by atoms with E-state index in [1.165, 1.54) is 12.8 Å². The van der Waals surface area contributed by atoms with E-state index in [2.05, 4.69) is 14.9 Å². The van der Waals surface area contributed by atoms with Gasteiger partial charge in [-0.1, -0.05) is 0 Å². The van der Waals surface area contributed by atoms with Gasteiger partial charge >= 0.3 is 0 Å². The lowest BCUT2D eigenvalue weighted by atomic mass is 10.3. The maximum Gasteiger partial charge on any atom is 0.217 e. The lowest BCUT2D eigenvalue weighted by Gasteiger charge is -2.22. The lowest BCUT2D eigenvalue weighted by Crippen LogP contribution is -2.37. The van der Waals surface area contributed by atoms with Crippen molar-refractivity contribution in [3.8, 4) is 0 Å². The summed E-state index contributed by atoms with van der Waals surface area (Å²) in [6, 6.07) is 1.94. The van der Waals surface area contributed by atoms with E-state index in [-0.39, 0.29) is 5.25 Å². The molecular formula is C15H22N4O2S. The van der Waals surface area contributed by atoms with Crippen LogP contribution < -0.4 is 4.90 Å². The van der Waals surface area contributed by atoms with E-state index in [4.69, 9.17) is 0 Å². The lowest BCUT2D eigenvalue weighted by molar-refractivity contribution is 0.432. The molecule has 0 bridgehead atoms. The number of hydrogen-bond acceptors (Lipinski definition) is 5. The van der Waals surface area contributed by atoms with Crippen molar-refractivity contribution >= 4 is 15.8 Å². The van der Waals surface area contributed by atoms with Gasteiger partial charge in [0.15, 0.2) is 0 Å². The molecule has 4 rings (SSSR count). The highest BCUT2D eigenvalue weighted by Gasteiger charge is 2.40.